The smallest absolute Gasteiger partial charge is 0.191 e. The van der Waals surface area contributed by atoms with Crippen molar-refractivity contribution in [2.75, 3.05) is 13.6 Å². The van der Waals surface area contributed by atoms with Crippen molar-refractivity contribution in [2.24, 2.45) is 4.99 Å². The average molecular weight is 428 g/mol. The van der Waals surface area contributed by atoms with Gasteiger partial charge in [0.15, 0.2) is 5.96 Å². The first-order chi connectivity index (χ1) is 15.6. The molecule has 0 unspecified atom stereocenters. The van der Waals surface area contributed by atoms with Crippen molar-refractivity contribution >= 4 is 5.96 Å². The fourth-order valence-corrected chi connectivity index (χ4v) is 3.70. The fraction of sp³-hybridized carbons (Fsp3) is 0.240. The molecule has 2 aromatic heterocycles. The first-order valence-electron chi connectivity index (χ1n) is 10.8. The molecule has 2 N–H and O–H groups in total. The minimum absolute atomic E-state index is 0.659. The number of guanidine groups is 1. The molecule has 7 nitrogen and oxygen atoms in total. The summed E-state index contributed by atoms with van der Waals surface area (Å²) >= 11 is 0. The molecule has 0 saturated carbocycles. The highest BCUT2D eigenvalue weighted by molar-refractivity contribution is 5.79. The highest BCUT2D eigenvalue weighted by Gasteiger charge is 2.09. The first kappa shape index (κ1) is 21.4. The molecule has 2 heterocycles. The van der Waals surface area contributed by atoms with E-state index in [9.17, 15) is 0 Å². The second-order valence-corrected chi connectivity index (χ2v) is 7.69. The molecule has 0 saturated heterocycles. The lowest BCUT2D eigenvalue weighted by molar-refractivity contribution is 0.775. The Bertz CT molecular complexity index is 1170. The number of rotatable bonds is 7. The van der Waals surface area contributed by atoms with Crippen molar-refractivity contribution in [3.05, 3.63) is 95.6 Å². The quantitative estimate of drug-likeness (QED) is 0.349. The van der Waals surface area contributed by atoms with Crippen LogP contribution in [-0.2, 0) is 13.0 Å². The average Bonchev–Trinajstić information content (AvgIpc) is 3.46. The van der Waals surface area contributed by atoms with Crippen LogP contribution >= 0.6 is 0 Å². The Hall–Kier alpha value is -3.87. The second kappa shape index (κ2) is 9.96. The van der Waals surface area contributed by atoms with Gasteiger partial charge in [-0.25, -0.2) is 9.36 Å². The van der Waals surface area contributed by atoms with Crippen LogP contribution in [0, 0.1) is 13.8 Å². The van der Waals surface area contributed by atoms with Gasteiger partial charge in [-0.1, -0.05) is 30.3 Å². The summed E-state index contributed by atoms with van der Waals surface area (Å²) in [5.74, 6) is 0.779. The Morgan fingerprint density at radius 3 is 2.50 bits per heavy atom. The summed E-state index contributed by atoms with van der Waals surface area (Å²) < 4.78 is 3.85. The molecule has 2 aromatic carbocycles. The predicted octanol–water partition coefficient (Wildman–Crippen LogP) is 3.58. The summed E-state index contributed by atoms with van der Waals surface area (Å²) in [7, 11) is 1.79. The van der Waals surface area contributed by atoms with Crippen molar-refractivity contribution < 1.29 is 0 Å². The van der Waals surface area contributed by atoms with Gasteiger partial charge in [0.25, 0.3) is 0 Å². The molecule has 0 aliphatic carbocycles. The lowest BCUT2D eigenvalue weighted by Crippen LogP contribution is -2.38. The maximum atomic E-state index is 4.63. The third-order valence-electron chi connectivity index (χ3n) is 5.31. The number of aryl methyl sites for hydroxylation is 2. The maximum absolute atomic E-state index is 4.63. The van der Waals surface area contributed by atoms with Crippen LogP contribution in [-0.4, -0.2) is 39.1 Å². The van der Waals surface area contributed by atoms with Crippen molar-refractivity contribution in [1.29, 1.82) is 0 Å². The number of nitrogens with one attached hydrogen (secondary N) is 2. The fourth-order valence-electron chi connectivity index (χ4n) is 3.70. The molecule has 0 aliphatic heterocycles. The van der Waals surface area contributed by atoms with Crippen LogP contribution in [0.5, 0.6) is 0 Å². The highest BCUT2D eigenvalue weighted by Crippen LogP contribution is 2.17. The van der Waals surface area contributed by atoms with Crippen LogP contribution in [0.1, 0.15) is 22.5 Å². The molecule has 0 atom stereocenters. The van der Waals surface area contributed by atoms with Gasteiger partial charge in [0, 0.05) is 38.2 Å². The number of para-hydroxylation sites is 1. The minimum Gasteiger partial charge on any atom is -0.356 e. The lowest BCUT2D eigenvalue weighted by atomic mass is 10.1. The van der Waals surface area contributed by atoms with Gasteiger partial charge in [-0.15, -0.1) is 0 Å². The molecule has 4 aromatic rings. The van der Waals surface area contributed by atoms with Gasteiger partial charge in [-0.05, 0) is 61.7 Å². The highest BCUT2D eigenvalue weighted by atomic mass is 15.3. The Kier molecular flexibility index (Phi) is 6.65. The SMILES string of the molecule is CN=C(NCCc1ccc(-n2cccn2)cc1)NCc1ccccc1-n1nc(C)cc1C. The van der Waals surface area contributed by atoms with E-state index in [0.717, 1.165) is 47.3 Å². The van der Waals surface area contributed by atoms with E-state index in [1.54, 1.807) is 13.2 Å². The van der Waals surface area contributed by atoms with E-state index in [-0.39, 0.29) is 0 Å². The van der Waals surface area contributed by atoms with Crippen molar-refractivity contribution in [3.63, 3.8) is 0 Å². The van der Waals surface area contributed by atoms with E-state index >= 15 is 0 Å². The second-order valence-electron chi connectivity index (χ2n) is 7.69. The van der Waals surface area contributed by atoms with Crippen LogP contribution in [0.4, 0.5) is 0 Å². The summed E-state index contributed by atoms with van der Waals surface area (Å²) in [6.07, 6.45) is 4.63. The van der Waals surface area contributed by atoms with E-state index in [1.807, 2.05) is 34.6 Å². The Labute approximate surface area is 188 Å². The monoisotopic (exact) mass is 427 g/mol. The number of nitrogens with zero attached hydrogens (tertiary/aromatic N) is 5. The molecule has 0 spiro atoms. The number of benzene rings is 2. The van der Waals surface area contributed by atoms with E-state index in [0.29, 0.717) is 6.54 Å². The first-order valence-corrected chi connectivity index (χ1v) is 10.8. The van der Waals surface area contributed by atoms with Gasteiger partial charge in [0.05, 0.1) is 17.1 Å². The van der Waals surface area contributed by atoms with Crippen LogP contribution < -0.4 is 10.6 Å². The summed E-state index contributed by atoms with van der Waals surface area (Å²) in [5.41, 5.74) is 6.70. The molecule has 0 bridgehead atoms. The van der Waals surface area contributed by atoms with Crippen LogP contribution in [0.25, 0.3) is 11.4 Å². The van der Waals surface area contributed by atoms with E-state index in [2.05, 4.69) is 81.3 Å². The summed E-state index contributed by atoms with van der Waals surface area (Å²) in [6, 6.07) is 20.8. The van der Waals surface area contributed by atoms with Gasteiger partial charge in [0.2, 0.25) is 0 Å². The van der Waals surface area contributed by atoms with E-state index in [4.69, 9.17) is 0 Å². The van der Waals surface area contributed by atoms with Crippen molar-refractivity contribution in [3.8, 4) is 11.4 Å². The molecule has 0 aliphatic rings. The summed E-state index contributed by atoms with van der Waals surface area (Å²) in [6.45, 7) is 5.54. The molecule has 7 heteroatoms. The molecule has 0 fully saturated rings. The van der Waals surface area contributed by atoms with Gasteiger partial charge in [-0.2, -0.15) is 10.2 Å². The topological polar surface area (TPSA) is 72.1 Å². The molecule has 0 amide bonds. The number of aliphatic imine (C=N–C) groups is 1. The van der Waals surface area contributed by atoms with Crippen molar-refractivity contribution in [1.82, 2.24) is 30.2 Å². The zero-order chi connectivity index (χ0) is 22.3. The molecule has 32 heavy (non-hydrogen) atoms. The Morgan fingerprint density at radius 2 is 1.81 bits per heavy atom. The molecule has 4 rings (SSSR count). The van der Waals surface area contributed by atoms with Crippen molar-refractivity contribution in [2.45, 2.75) is 26.8 Å². The standard InChI is InChI=1S/C25H29N7/c1-19-17-20(2)32(30-19)24-8-5-4-7-22(24)18-28-25(26-3)27-15-13-21-9-11-23(12-10-21)31-16-6-14-29-31/h4-12,14,16-17H,13,15,18H2,1-3H3,(H2,26,27,28). The molecular weight excluding hydrogens is 398 g/mol. The van der Waals surface area contributed by atoms with Crippen LogP contribution in [0.15, 0.2) is 78.0 Å². The Balaban J connectivity index is 1.32. The number of hydrogen-bond donors (Lipinski definition) is 2. The van der Waals surface area contributed by atoms with Gasteiger partial charge in [0.1, 0.15) is 0 Å². The van der Waals surface area contributed by atoms with Gasteiger partial charge < -0.3 is 10.6 Å². The summed E-state index contributed by atoms with van der Waals surface area (Å²) in [4.78, 5) is 4.37. The van der Waals surface area contributed by atoms with Crippen LogP contribution in [0.2, 0.25) is 0 Å². The third kappa shape index (κ3) is 5.06. The molecule has 164 valence electrons. The largest absolute Gasteiger partial charge is 0.356 e. The lowest BCUT2D eigenvalue weighted by Gasteiger charge is -2.15. The van der Waals surface area contributed by atoms with Gasteiger partial charge >= 0.3 is 0 Å². The zero-order valence-corrected chi connectivity index (χ0v) is 18.8. The zero-order valence-electron chi connectivity index (χ0n) is 18.8. The normalized spacial score (nSPS) is 11.5. The van der Waals surface area contributed by atoms with Crippen LogP contribution in [0.3, 0.4) is 0 Å². The molecule has 0 radical (unpaired) electrons. The summed E-state index contributed by atoms with van der Waals surface area (Å²) in [5, 5.41) is 15.7. The minimum atomic E-state index is 0.659. The maximum Gasteiger partial charge on any atom is 0.191 e. The third-order valence-corrected chi connectivity index (χ3v) is 5.31. The predicted molar refractivity (Wildman–Crippen MR) is 129 cm³/mol. The molecular formula is C25H29N7. The number of aromatic nitrogens is 4. The van der Waals surface area contributed by atoms with E-state index < -0.39 is 0 Å². The van der Waals surface area contributed by atoms with Gasteiger partial charge in [-0.3, -0.25) is 4.99 Å². The van der Waals surface area contributed by atoms with E-state index in [1.165, 1.54) is 5.56 Å². The Morgan fingerprint density at radius 1 is 1.00 bits per heavy atom. The number of hydrogen-bond acceptors (Lipinski definition) is 3.